The Bertz CT molecular complexity index is 587. The van der Waals surface area contributed by atoms with Crippen LogP contribution in [0.2, 0.25) is 0 Å². The van der Waals surface area contributed by atoms with Crippen LogP contribution < -0.4 is 5.32 Å². The minimum Gasteiger partial charge on any atom is -0.333 e. The van der Waals surface area contributed by atoms with Crippen LogP contribution in [0.15, 0.2) is 0 Å². The average molecular weight is 355 g/mol. The number of nitrogens with one attached hydrogen (secondary N) is 1. The van der Waals surface area contributed by atoms with E-state index in [1.165, 1.54) is 19.3 Å². The molecular formula is C18H30N2O3S. The fourth-order valence-corrected chi connectivity index (χ4v) is 8.02. The Hall–Kier alpha value is -0.780. The lowest BCUT2D eigenvalue weighted by Crippen LogP contribution is -2.66. The summed E-state index contributed by atoms with van der Waals surface area (Å²) in [5.74, 6) is 2.76. The molecule has 5 fully saturated rings. The molecule has 0 aromatic rings. The summed E-state index contributed by atoms with van der Waals surface area (Å²) in [6.45, 7) is 4.59. The maximum atomic E-state index is 12.6. The zero-order valence-electron chi connectivity index (χ0n) is 14.8. The van der Waals surface area contributed by atoms with Crippen LogP contribution in [0.1, 0.15) is 52.4 Å². The predicted molar refractivity (Wildman–Crippen MR) is 93.4 cm³/mol. The summed E-state index contributed by atoms with van der Waals surface area (Å²) in [7, 11) is -3.06. The smallest absolute Gasteiger partial charge is 0.317 e. The molecule has 4 saturated carbocycles. The summed E-state index contributed by atoms with van der Waals surface area (Å²) in [6, 6.07) is -0.0343. The van der Waals surface area contributed by atoms with Crippen LogP contribution in [-0.4, -0.2) is 49.0 Å². The lowest BCUT2D eigenvalue weighted by Gasteiger charge is -2.57. The van der Waals surface area contributed by atoms with E-state index in [9.17, 15) is 13.2 Å². The maximum Gasteiger partial charge on any atom is 0.317 e. The molecule has 4 aliphatic carbocycles. The minimum absolute atomic E-state index is 0.00767. The van der Waals surface area contributed by atoms with Crippen LogP contribution in [0.25, 0.3) is 0 Å². The highest BCUT2D eigenvalue weighted by molar-refractivity contribution is 7.92. The Balaban J connectivity index is 1.34. The van der Waals surface area contributed by atoms with Gasteiger partial charge in [-0.15, -0.1) is 0 Å². The number of nitrogens with zero attached hydrogens (tertiary/aromatic N) is 1. The molecule has 1 N–H and O–H groups in total. The molecule has 24 heavy (non-hydrogen) atoms. The van der Waals surface area contributed by atoms with E-state index in [4.69, 9.17) is 0 Å². The number of urea groups is 1. The molecule has 2 amide bonds. The van der Waals surface area contributed by atoms with Gasteiger partial charge in [-0.05, 0) is 62.2 Å². The number of hydrogen-bond acceptors (Lipinski definition) is 3. The first kappa shape index (κ1) is 16.7. The molecule has 1 heterocycles. The third-order valence-electron chi connectivity index (χ3n) is 6.62. The van der Waals surface area contributed by atoms with Gasteiger partial charge in [0, 0.05) is 18.6 Å². The van der Waals surface area contributed by atoms with Crippen LogP contribution in [0, 0.1) is 23.7 Å². The zero-order chi connectivity index (χ0) is 17.1. The van der Waals surface area contributed by atoms with E-state index in [1.807, 2.05) is 13.8 Å². The van der Waals surface area contributed by atoms with Crippen LogP contribution in [0.5, 0.6) is 0 Å². The van der Waals surface area contributed by atoms with Crippen molar-refractivity contribution >= 4 is 15.9 Å². The quantitative estimate of drug-likeness (QED) is 0.843. The predicted octanol–water partition coefficient (Wildman–Crippen LogP) is 2.42. The second-order valence-corrected chi connectivity index (χ2v) is 11.7. The first-order valence-electron chi connectivity index (χ1n) is 9.53. The minimum atomic E-state index is -3.06. The molecule has 0 aromatic heterocycles. The number of hydrogen-bond donors (Lipinski definition) is 1. The van der Waals surface area contributed by atoms with Crippen LogP contribution in [0.4, 0.5) is 4.79 Å². The molecule has 5 aliphatic rings. The first-order valence-corrected chi connectivity index (χ1v) is 11.2. The molecule has 1 aliphatic heterocycles. The number of sulfone groups is 1. The summed E-state index contributed by atoms with van der Waals surface area (Å²) in [4.78, 5) is 14.3. The average Bonchev–Trinajstić information content (AvgIpc) is 2.31. The van der Waals surface area contributed by atoms with Crippen molar-refractivity contribution in [3.8, 4) is 0 Å². The zero-order valence-corrected chi connectivity index (χ0v) is 15.6. The van der Waals surface area contributed by atoms with E-state index in [2.05, 4.69) is 5.32 Å². The van der Waals surface area contributed by atoms with Crippen molar-refractivity contribution in [1.29, 1.82) is 0 Å². The molecule has 0 radical (unpaired) electrons. The summed E-state index contributed by atoms with van der Waals surface area (Å²) in [5.41, 5.74) is 0.00767. The van der Waals surface area contributed by atoms with Gasteiger partial charge in [-0.3, -0.25) is 0 Å². The number of carbonyl (C=O) groups excluding carboxylic acids is 1. The van der Waals surface area contributed by atoms with E-state index in [-0.39, 0.29) is 28.5 Å². The van der Waals surface area contributed by atoms with Gasteiger partial charge < -0.3 is 10.2 Å². The van der Waals surface area contributed by atoms with Crippen LogP contribution >= 0.6 is 0 Å². The van der Waals surface area contributed by atoms with E-state index in [1.54, 1.807) is 4.90 Å². The van der Waals surface area contributed by atoms with Crippen molar-refractivity contribution < 1.29 is 13.2 Å². The van der Waals surface area contributed by atoms with Gasteiger partial charge in [0.15, 0.2) is 9.84 Å². The van der Waals surface area contributed by atoms with Gasteiger partial charge in [0.1, 0.15) is 0 Å². The number of amides is 2. The van der Waals surface area contributed by atoms with Crippen molar-refractivity contribution in [2.45, 2.75) is 63.2 Å². The molecule has 136 valence electrons. The number of rotatable bonds is 4. The van der Waals surface area contributed by atoms with Crippen molar-refractivity contribution in [1.82, 2.24) is 10.2 Å². The highest BCUT2D eigenvalue weighted by atomic mass is 32.2. The topological polar surface area (TPSA) is 66.5 Å². The fraction of sp³-hybridized carbons (Fsp3) is 0.944. The Morgan fingerprint density at radius 2 is 1.58 bits per heavy atom. The molecule has 5 rings (SSSR count). The molecule has 4 bridgehead atoms. The fourth-order valence-electron chi connectivity index (χ4n) is 6.00. The van der Waals surface area contributed by atoms with E-state index in [0.29, 0.717) is 13.1 Å². The van der Waals surface area contributed by atoms with Crippen LogP contribution in [0.3, 0.4) is 0 Å². The Labute approximate surface area is 145 Å². The Morgan fingerprint density at radius 3 is 2.04 bits per heavy atom. The van der Waals surface area contributed by atoms with E-state index >= 15 is 0 Å². The third-order valence-corrected chi connectivity index (χ3v) is 9.06. The van der Waals surface area contributed by atoms with Crippen molar-refractivity contribution in [3.05, 3.63) is 0 Å². The van der Waals surface area contributed by atoms with Gasteiger partial charge in [-0.2, -0.15) is 0 Å². The third kappa shape index (κ3) is 2.95. The molecule has 5 nitrogen and oxygen atoms in total. The second kappa shape index (κ2) is 5.61. The SMILES string of the molecule is CC(C)CS(=O)(=O)C1CN(C(=O)NC23CC4CC(CC(C4)C2)C3)C1. The molecule has 1 saturated heterocycles. The van der Waals surface area contributed by atoms with Gasteiger partial charge in [-0.25, -0.2) is 13.2 Å². The van der Waals surface area contributed by atoms with Crippen molar-refractivity contribution in [3.63, 3.8) is 0 Å². The molecule has 0 unspecified atom stereocenters. The Kier molecular flexibility index (Phi) is 3.90. The molecule has 6 heteroatoms. The standard InChI is InChI=1S/C18H30N2O3S/c1-12(2)11-24(22,23)16-9-20(10-16)17(21)19-18-6-13-3-14(7-18)5-15(4-13)8-18/h12-16H,3-11H2,1-2H3,(H,19,21). The van der Waals surface area contributed by atoms with Gasteiger partial charge in [0.2, 0.25) is 0 Å². The summed E-state index contributed by atoms with van der Waals surface area (Å²) < 4.78 is 24.5. The van der Waals surface area contributed by atoms with Gasteiger partial charge in [0.05, 0.1) is 11.0 Å². The second-order valence-electron chi connectivity index (χ2n) is 9.38. The summed E-state index contributed by atoms with van der Waals surface area (Å²) in [6.07, 6.45) is 7.46. The lowest BCUT2D eigenvalue weighted by atomic mass is 9.53. The normalized spacial score (nSPS) is 38.5. The van der Waals surface area contributed by atoms with Crippen molar-refractivity contribution in [2.24, 2.45) is 23.7 Å². The van der Waals surface area contributed by atoms with Gasteiger partial charge in [0.25, 0.3) is 0 Å². The monoisotopic (exact) mass is 354 g/mol. The number of likely N-dealkylation sites (tertiary alicyclic amines) is 1. The van der Waals surface area contributed by atoms with Gasteiger partial charge in [-0.1, -0.05) is 13.8 Å². The molecule has 0 aromatic carbocycles. The first-order chi connectivity index (χ1) is 11.2. The van der Waals surface area contributed by atoms with Crippen LogP contribution in [-0.2, 0) is 9.84 Å². The molecule has 0 spiro atoms. The maximum absolute atomic E-state index is 12.6. The lowest BCUT2D eigenvalue weighted by molar-refractivity contribution is -0.0166. The highest BCUT2D eigenvalue weighted by Crippen LogP contribution is 2.55. The molecule has 0 atom stereocenters. The van der Waals surface area contributed by atoms with Crippen molar-refractivity contribution in [2.75, 3.05) is 18.8 Å². The summed E-state index contributed by atoms with van der Waals surface area (Å²) in [5, 5.41) is 2.97. The molecular weight excluding hydrogens is 324 g/mol. The number of carbonyl (C=O) groups is 1. The highest BCUT2D eigenvalue weighted by Gasteiger charge is 2.52. The largest absolute Gasteiger partial charge is 0.333 e. The summed E-state index contributed by atoms with van der Waals surface area (Å²) >= 11 is 0. The van der Waals surface area contributed by atoms with E-state index < -0.39 is 9.84 Å². The Morgan fingerprint density at radius 1 is 1.08 bits per heavy atom. The van der Waals surface area contributed by atoms with E-state index in [0.717, 1.165) is 37.0 Å². The van der Waals surface area contributed by atoms with Gasteiger partial charge >= 0.3 is 6.03 Å².